The summed E-state index contributed by atoms with van der Waals surface area (Å²) in [6.45, 7) is 0. The first-order valence-corrected chi connectivity index (χ1v) is 9.39. The van der Waals surface area contributed by atoms with Gasteiger partial charge < -0.3 is 4.74 Å². The average molecular weight is 351 g/mol. The Bertz CT molecular complexity index is 870. The molecule has 25 heavy (non-hydrogen) atoms. The average Bonchev–Trinajstić information content (AvgIpc) is 3.09. The molecule has 5 rings (SSSR count). The summed E-state index contributed by atoms with van der Waals surface area (Å²) in [7, 11) is 0. The van der Waals surface area contributed by atoms with Crippen LogP contribution in [0.2, 0.25) is 0 Å². The van der Waals surface area contributed by atoms with Crippen LogP contribution < -0.4 is 10.1 Å². The number of thioether (sulfide) groups is 1. The van der Waals surface area contributed by atoms with Gasteiger partial charge >= 0.3 is 0 Å². The lowest BCUT2D eigenvalue weighted by Gasteiger charge is -2.48. The minimum atomic E-state index is -0.891. The van der Waals surface area contributed by atoms with E-state index >= 15 is 0 Å². The molecule has 3 aliphatic heterocycles. The first-order valence-electron chi connectivity index (χ1n) is 8.40. The van der Waals surface area contributed by atoms with E-state index in [0.29, 0.717) is 12.2 Å². The van der Waals surface area contributed by atoms with Crippen molar-refractivity contribution < 1.29 is 9.53 Å². The molecule has 3 aliphatic rings. The highest BCUT2D eigenvalue weighted by Gasteiger charge is 2.52. The fraction of sp³-hybridized carbons (Fsp3) is 0.263. The lowest BCUT2D eigenvalue weighted by molar-refractivity contribution is -0.135. The second kappa shape index (κ2) is 5.52. The summed E-state index contributed by atoms with van der Waals surface area (Å²) in [6.07, 6.45) is 1.50. The minimum Gasteiger partial charge on any atom is -0.448 e. The van der Waals surface area contributed by atoms with Crippen molar-refractivity contribution in [1.29, 1.82) is 0 Å². The van der Waals surface area contributed by atoms with Crippen LogP contribution in [0.1, 0.15) is 30.0 Å². The van der Waals surface area contributed by atoms with Gasteiger partial charge in [-0.15, -0.1) is 0 Å². The second-order valence-corrected chi connectivity index (χ2v) is 7.48. The van der Waals surface area contributed by atoms with Crippen LogP contribution in [0, 0.1) is 0 Å². The number of para-hydroxylation sites is 1. The molecule has 3 heterocycles. The number of carbonyl (C=O) groups is 1. The van der Waals surface area contributed by atoms with Crippen molar-refractivity contribution >= 4 is 22.7 Å². The van der Waals surface area contributed by atoms with E-state index in [-0.39, 0.29) is 11.3 Å². The van der Waals surface area contributed by atoms with Crippen molar-refractivity contribution in [3.63, 3.8) is 0 Å². The van der Waals surface area contributed by atoms with Gasteiger partial charge in [0.15, 0.2) is 0 Å². The van der Waals surface area contributed by atoms with Crippen LogP contribution in [-0.4, -0.2) is 27.6 Å². The zero-order valence-corrected chi connectivity index (χ0v) is 14.3. The largest absolute Gasteiger partial charge is 0.448 e. The molecule has 1 amide bonds. The van der Waals surface area contributed by atoms with Crippen LogP contribution in [0.3, 0.4) is 0 Å². The maximum absolute atomic E-state index is 12.1. The number of benzene rings is 2. The molecule has 126 valence electrons. The topological polar surface area (TPSA) is 53.9 Å². The zero-order chi connectivity index (χ0) is 16.9. The van der Waals surface area contributed by atoms with Gasteiger partial charge in [0.05, 0.1) is 11.8 Å². The number of hydrogen-bond acceptors (Lipinski definition) is 5. The molecule has 6 heteroatoms. The Balaban J connectivity index is 1.62. The monoisotopic (exact) mass is 351 g/mol. The number of hydrogen-bond donors (Lipinski definition) is 1. The van der Waals surface area contributed by atoms with Gasteiger partial charge in [-0.1, -0.05) is 60.3 Å². The number of hydrazone groups is 1. The molecular formula is C19H17N3O2S. The van der Waals surface area contributed by atoms with E-state index in [4.69, 9.17) is 9.84 Å². The van der Waals surface area contributed by atoms with Crippen molar-refractivity contribution in [3.05, 3.63) is 65.7 Å². The number of nitrogens with one attached hydrogen (secondary N) is 1. The fourth-order valence-electron chi connectivity index (χ4n) is 3.76. The lowest BCUT2D eigenvalue weighted by atomic mass is 9.95. The van der Waals surface area contributed by atoms with Crippen LogP contribution >= 0.6 is 11.8 Å². The SMILES string of the molecule is O=C1NC2(CCS1)Oc1ccccc1C1CC(c3ccccc3)=NN12. The predicted molar refractivity (Wildman–Crippen MR) is 97.6 cm³/mol. The van der Waals surface area contributed by atoms with E-state index in [9.17, 15) is 4.79 Å². The van der Waals surface area contributed by atoms with Gasteiger partial charge in [0.2, 0.25) is 0 Å². The molecule has 2 atom stereocenters. The second-order valence-electron chi connectivity index (χ2n) is 6.41. The molecule has 1 saturated heterocycles. The van der Waals surface area contributed by atoms with Gasteiger partial charge in [-0.3, -0.25) is 10.1 Å². The summed E-state index contributed by atoms with van der Waals surface area (Å²) < 4.78 is 6.30. The highest BCUT2D eigenvalue weighted by molar-refractivity contribution is 8.13. The van der Waals surface area contributed by atoms with E-state index in [2.05, 4.69) is 23.5 Å². The molecule has 0 radical (unpaired) electrons. The Morgan fingerprint density at radius 3 is 2.80 bits per heavy atom. The van der Waals surface area contributed by atoms with Crippen molar-refractivity contribution in [1.82, 2.24) is 10.3 Å². The minimum absolute atomic E-state index is 0.0623. The number of nitrogens with zero attached hydrogens (tertiary/aromatic N) is 2. The van der Waals surface area contributed by atoms with E-state index in [1.165, 1.54) is 11.8 Å². The molecule has 1 N–H and O–H groups in total. The summed E-state index contributed by atoms with van der Waals surface area (Å²) in [5, 5.41) is 9.83. The third-order valence-electron chi connectivity index (χ3n) is 4.92. The number of rotatable bonds is 1. The van der Waals surface area contributed by atoms with Gasteiger partial charge in [-0.2, -0.15) is 5.10 Å². The normalized spacial score (nSPS) is 27.2. The van der Waals surface area contributed by atoms with Gasteiger partial charge in [0, 0.05) is 24.2 Å². The maximum Gasteiger partial charge on any atom is 0.283 e. The molecule has 1 fully saturated rings. The smallest absolute Gasteiger partial charge is 0.283 e. The Kier molecular flexibility index (Phi) is 3.28. The van der Waals surface area contributed by atoms with Crippen LogP contribution in [-0.2, 0) is 0 Å². The van der Waals surface area contributed by atoms with E-state index < -0.39 is 5.85 Å². The van der Waals surface area contributed by atoms with Crippen molar-refractivity contribution in [3.8, 4) is 5.75 Å². The van der Waals surface area contributed by atoms with Crippen LogP contribution in [0.5, 0.6) is 5.75 Å². The first-order chi connectivity index (χ1) is 12.3. The standard InChI is InChI=1S/C19H17N3O2S/c23-18-20-19(10-11-25-18)22-16(14-8-4-5-9-17(14)24-19)12-15(21-22)13-6-2-1-3-7-13/h1-9,16H,10-12H2,(H,20,23). The first kappa shape index (κ1) is 14.8. The third-order valence-corrected chi connectivity index (χ3v) is 5.69. The Labute approximate surface area is 150 Å². The summed E-state index contributed by atoms with van der Waals surface area (Å²) in [6, 6.07) is 18.3. The molecule has 1 spiro atoms. The van der Waals surface area contributed by atoms with Crippen LogP contribution in [0.4, 0.5) is 4.79 Å². The van der Waals surface area contributed by atoms with E-state index in [1.807, 2.05) is 41.4 Å². The van der Waals surface area contributed by atoms with Crippen LogP contribution in [0.25, 0.3) is 0 Å². The summed E-state index contributed by atoms with van der Waals surface area (Å²) >= 11 is 1.29. The van der Waals surface area contributed by atoms with Gasteiger partial charge in [0.25, 0.3) is 11.1 Å². The number of fused-ring (bicyclic) bond motifs is 4. The molecule has 2 unspecified atom stereocenters. The third kappa shape index (κ3) is 2.32. The summed E-state index contributed by atoms with van der Waals surface area (Å²) in [5.41, 5.74) is 3.26. The summed E-state index contributed by atoms with van der Waals surface area (Å²) in [5.74, 6) is 0.658. The molecule has 0 aliphatic carbocycles. The Morgan fingerprint density at radius 1 is 1.16 bits per heavy atom. The summed E-state index contributed by atoms with van der Waals surface area (Å²) in [4.78, 5) is 12.1. The van der Waals surface area contributed by atoms with Crippen molar-refractivity contribution in [2.45, 2.75) is 24.7 Å². The van der Waals surface area contributed by atoms with E-state index in [0.717, 1.165) is 29.0 Å². The van der Waals surface area contributed by atoms with E-state index in [1.54, 1.807) is 0 Å². The number of ether oxygens (including phenoxy) is 1. The number of carbonyl (C=O) groups excluding carboxylic acids is 1. The highest BCUT2D eigenvalue weighted by atomic mass is 32.2. The lowest BCUT2D eigenvalue weighted by Crippen LogP contribution is -2.65. The molecule has 2 aromatic rings. The number of amides is 1. The van der Waals surface area contributed by atoms with Gasteiger partial charge in [-0.05, 0) is 11.6 Å². The van der Waals surface area contributed by atoms with Crippen LogP contribution in [0.15, 0.2) is 59.7 Å². The fourth-order valence-corrected chi connectivity index (χ4v) is 4.55. The molecular weight excluding hydrogens is 334 g/mol. The molecule has 0 saturated carbocycles. The highest BCUT2D eigenvalue weighted by Crippen LogP contribution is 2.48. The molecule has 0 aromatic heterocycles. The van der Waals surface area contributed by atoms with Crippen molar-refractivity contribution in [2.75, 3.05) is 5.75 Å². The predicted octanol–water partition coefficient (Wildman–Crippen LogP) is 3.73. The molecule has 5 nitrogen and oxygen atoms in total. The van der Waals surface area contributed by atoms with Crippen molar-refractivity contribution in [2.24, 2.45) is 5.10 Å². The maximum atomic E-state index is 12.1. The zero-order valence-electron chi connectivity index (χ0n) is 13.5. The van der Waals surface area contributed by atoms with Gasteiger partial charge in [0.1, 0.15) is 5.75 Å². The quantitative estimate of drug-likeness (QED) is 0.851. The molecule has 2 aromatic carbocycles. The Morgan fingerprint density at radius 2 is 1.96 bits per heavy atom. The molecule has 0 bridgehead atoms. The Hall–Kier alpha value is -2.47. The van der Waals surface area contributed by atoms with Gasteiger partial charge in [-0.25, -0.2) is 5.01 Å².